The molecule has 1 N–H and O–H groups in total. The van der Waals surface area contributed by atoms with Gasteiger partial charge in [0.2, 0.25) is 5.91 Å². The first-order valence-electron chi connectivity index (χ1n) is 12.2. The summed E-state index contributed by atoms with van der Waals surface area (Å²) in [4.78, 5) is 44.6. The molecule has 1 aromatic carbocycles. The lowest BCUT2D eigenvalue weighted by atomic mass is 9.78. The van der Waals surface area contributed by atoms with Crippen LogP contribution in [0.25, 0.3) is 0 Å². The molecule has 4 aliphatic rings. The van der Waals surface area contributed by atoms with E-state index in [4.69, 9.17) is 16.3 Å². The third kappa shape index (κ3) is 4.09. The van der Waals surface area contributed by atoms with Crippen molar-refractivity contribution in [2.24, 2.45) is 11.8 Å². The van der Waals surface area contributed by atoms with Crippen molar-refractivity contribution in [3.63, 3.8) is 0 Å². The summed E-state index contributed by atoms with van der Waals surface area (Å²) in [7, 11) is 0. The van der Waals surface area contributed by atoms with Gasteiger partial charge in [0, 0.05) is 24.9 Å². The quantitative estimate of drug-likeness (QED) is 0.355. The first-order valence-corrected chi connectivity index (χ1v) is 13.4. The van der Waals surface area contributed by atoms with Crippen molar-refractivity contribution in [3.05, 3.63) is 53.6 Å². The zero-order chi connectivity index (χ0) is 24.6. The van der Waals surface area contributed by atoms with Crippen LogP contribution < -0.4 is 4.90 Å². The maximum atomic E-state index is 14.2. The highest BCUT2D eigenvalue weighted by atomic mass is 35.5. The van der Waals surface area contributed by atoms with E-state index in [9.17, 15) is 19.5 Å². The highest BCUT2D eigenvalue weighted by Gasteiger charge is 2.70. The number of carbonyl (C=O) groups excluding carboxylic acids is 3. The number of unbranched alkanes of at least 4 members (excludes halogenated alkanes) is 2. The molecule has 0 bridgehead atoms. The SMILES string of the molecule is O=C1OCCC=C[C@@H]2S[C@]34C=CCN(c5ccccc5Cl)C(=O)C3N(CCCCCO)C(=O)[C@@H]4[C@H]12. The van der Waals surface area contributed by atoms with E-state index in [0.29, 0.717) is 49.7 Å². The second-order valence-corrected chi connectivity index (χ2v) is 11.2. The van der Waals surface area contributed by atoms with Gasteiger partial charge in [-0.15, -0.1) is 11.8 Å². The van der Waals surface area contributed by atoms with Crippen LogP contribution in [0.4, 0.5) is 5.69 Å². The number of cyclic esters (lactones) is 1. The van der Waals surface area contributed by atoms with Crippen molar-refractivity contribution in [3.8, 4) is 0 Å². The van der Waals surface area contributed by atoms with Crippen molar-refractivity contribution < 1.29 is 24.2 Å². The number of ether oxygens (including phenoxy) is 1. The first kappa shape index (κ1) is 24.4. The normalized spacial score (nSPS) is 32.0. The van der Waals surface area contributed by atoms with Crippen LogP contribution in [0.5, 0.6) is 0 Å². The predicted octanol–water partition coefficient (Wildman–Crippen LogP) is 3.21. The monoisotopic (exact) mass is 516 g/mol. The maximum absolute atomic E-state index is 14.2. The van der Waals surface area contributed by atoms with E-state index < -0.39 is 22.6 Å². The Morgan fingerprint density at radius 3 is 2.74 bits per heavy atom. The van der Waals surface area contributed by atoms with E-state index in [2.05, 4.69) is 0 Å². The number of halogens is 1. The molecule has 4 aliphatic heterocycles. The number of thioether (sulfide) groups is 1. The number of aliphatic hydroxyl groups excluding tert-OH is 1. The second-order valence-electron chi connectivity index (χ2n) is 9.34. The highest BCUT2D eigenvalue weighted by molar-refractivity contribution is 8.02. The van der Waals surface area contributed by atoms with Crippen LogP contribution in [0.3, 0.4) is 0 Å². The molecule has 2 fully saturated rings. The number of esters is 1. The molecule has 5 atom stereocenters. The zero-order valence-corrected chi connectivity index (χ0v) is 20.9. The standard InChI is InChI=1S/C26H29ClN2O5S/c27-17-9-2-3-10-18(17)28-14-8-12-26-21(20-19(35-26)11-4-7-16-34-25(20)33)23(31)29(22(26)24(28)32)13-5-1-6-15-30/h2-4,8-12,19-22,30H,1,5-7,13-16H2/t19-,20+,21-,22?,26-/m0/s1. The summed E-state index contributed by atoms with van der Waals surface area (Å²) < 4.78 is 4.63. The minimum absolute atomic E-state index is 0.0870. The molecule has 4 heterocycles. The summed E-state index contributed by atoms with van der Waals surface area (Å²) in [6, 6.07) is 6.44. The number of fused-ring (bicyclic) bond motifs is 2. The summed E-state index contributed by atoms with van der Waals surface area (Å²) in [5.41, 5.74) is 0.602. The number of para-hydroxylation sites is 1. The fourth-order valence-corrected chi connectivity index (χ4v) is 8.04. The summed E-state index contributed by atoms with van der Waals surface area (Å²) in [6.07, 6.45) is 10.6. The number of hydrogen-bond donors (Lipinski definition) is 1. The lowest BCUT2D eigenvalue weighted by molar-refractivity contribution is -0.153. The molecule has 1 unspecified atom stereocenters. The third-order valence-corrected chi connectivity index (χ3v) is 9.38. The van der Waals surface area contributed by atoms with Gasteiger partial charge in [-0.25, -0.2) is 0 Å². The number of aliphatic hydroxyl groups is 1. The van der Waals surface area contributed by atoms with Crippen LogP contribution in [-0.2, 0) is 19.1 Å². The molecular weight excluding hydrogens is 488 g/mol. The molecular formula is C26H29ClN2O5S. The Morgan fingerprint density at radius 1 is 1.11 bits per heavy atom. The molecule has 186 valence electrons. The Morgan fingerprint density at radius 2 is 1.94 bits per heavy atom. The maximum Gasteiger partial charge on any atom is 0.311 e. The largest absolute Gasteiger partial charge is 0.465 e. The van der Waals surface area contributed by atoms with Gasteiger partial charge in [0.25, 0.3) is 5.91 Å². The van der Waals surface area contributed by atoms with Gasteiger partial charge in [-0.05, 0) is 37.8 Å². The summed E-state index contributed by atoms with van der Waals surface area (Å²) in [5, 5.41) is 9.41. The van der Waals surface area contributed by atoms with Crippen molar-refractivity contribution in [1.29, 1.82) is 0 Å². The fraction of sp³-hybridized carbons (Fsp3) is 0.500. The van der Waals surface area contributed by atoms with E-state index in [1.54, 1.807) is 15.9 Å². The van der Waals surface area contributed by atoms with Crippen LogP contribution in [0.1, 0.15) is 25.7 Å². The van der Waals surface area contributed by atoms with Crippen LogP contribution in [-0.4, -0.2) is 70.1 Å². The molecule has 0 aliphatic carbocycles. The summed E-state index contributed by atoms with van der Waals surface area (Å²) in [5.74, 6) is -2.06. The fourth-order valence-electron chi connectivity index (χ4n) is 5.80. The van der Waals surface area contributed by atoms with E-state index in [0.717, 1.165) is 6.42 Å². The number of amides is 2. The Hall–Kier alpha value is -2.29. The van der Waals surface area contributed by atoms with E-state index in [1.807, 2.05) is 42.5 Å². The molecule has 9 heteroatoms. The number of carbonyl (C=O) groups is 3. The first-order chi connectivity index (χ1) is 17.0. The molecule has 1 aromatic rings. The number of hydrogen-bond acceptors (Lipinski definition) is 6. The summed E-state index contributed by atoms with van der Waals surface area (Å²) >= 11 is 8.00. The Balaban J connectivity index is 1.57. The molecule has 5 rings (SSSR count). The number of nitrogens with zero attached hydrogens (tertiary/aromatic N) is 2. The van der Waals surface area contributed by atoms with Gasteiger partial charge < -0.3 is 19.6 Å². The third-order valence-electron chi connectivity index (χ3n) is 7.32. The number of likely N-dealkylation sites (tertiary alicyclic amines) is 1. The van der Waals surface area contributed by atoms with Crippen molar-refractivity contribution >= 4 is 46.8 Å². The van der Waals surface area contributed by atoms with Crippen LogP contribution in [0, 0.1) is 11.8 Å². The number of benzene rings is 1. The van der Waals surface area contributed by atoms with Gasteiger partial charge in [0.1, 0.15) is 6.04 Å². The van der Waals surface area contributed by atoms with E-state index >= 15 is 0 Å². The zero-order valence-electron chi connectivity index (χ0n) is 19.3. The predicted molar refractivity (Wildman–Crippen MR) is 135 cm³/mol. The molecule has 0 radical (unpaired) electrons. The minimum Gasteiger partial charge on any atom is -0.465 e. The molecule has 35 heavy (non-hydrogen) atoms. The van der Waals surface area contributed by atoms with E-state index in [1.165, 1.54) is 11.8 Å². The second kappa shape index (κ2) is 9.99. The average Bonchev–Trinajstić information content (AvgIpc) is 3.21. The number of rotatable bonds is 6. The molecule has 2 saturated heterocycles. The molecule has 7 nitrogen and oxygen atoms in total. The van der Waals surface area contributed by atoms with Crippen molar-refractivity contribution in [2.45, 2.75) is 41.7 Å². The Kier molecular flexibility index (Phi) is 6.97. The summed E-state index contributed by atoms with van der Waals surface area (Å²) in [6.45, 7) is 1.10. The highest BCUT2D eigenvalue weighted by Crippen LogP contribution is 2.61. The van der Waals surface area contributed by atoms with Gasteiger partial charge in [0.15, 0.2) is 0 Å². The van der Waals surface area contributed by atoms with Gasteiger partial charge in [-0.3, -0.25) is 14.4 Å². The van der Waals surface area contributed by atoms with Crippen LogP contribution >= 0.6 is 23.4 Å². The van der Waals surface area contributed by atoms with Crippen LogP contribution in [0.15, 0.2) is 48.6 Å². The lowest BCUT2D eigenvalue weighted by Crippen LogP contribution is -2.53. The lowest BCUT2D eigenvalue weighted by Gasteiger charge is -2.35. The molecule has 1 spiro atoms. The van der Waals surface area contributed by atoms with Crippen molar-refractivity contribution in [2.75, 3.05) is 31.2 Å². The van der Waals surface area contributed by atoms with Gasteiger partial charge in [-0.2, -0.15) is 0 Å². The topological polar surface area (TPSA) is 87.2 Å². The van der Waals surface area contributed by atoms with Gasteiger partial charge >= 0.3 is 5.97 Å². The smallest absolute Gasteiger partial charge is 0.311 e. The molecule has 0 aromatic heterocycles. The Labute approximate surface area is 214 Å². The van der Waals surface area contributed by atoms with Gasteiger partial charge in [-0.1, -0.05) is 48.0 Å². The molecule has 0 saturated carbocycles. The number of anilines is 1. The Bertz CT molecular complexity index is 1080. The van der Waals surface area contributed by atoms with Gasteiger partial charge in [0.05, 0.1) is 33.9 Å². The van der Waals surface area contributed by atoms with Crippen LogP contribution in [0.2, 0.25) is 5.02 Å². The average molecular weight is 517 g/mol. The molecule has 2 amide bonds. The minimum atomic E-state index is -0.871. The van der Waals surface area contributed by atoms with Crippen molar-refractivity contribution in [1.82, 2.24) is 4.90 Å². The van der Waals surface area contributed by atoms with E-state index in [-0.39, 0.29) is 29.6 Å².